The minimum absolute atomic E-state index is 0.0605. The predicted molar refractivity (Wildman–Crippen MR) is 82.8 cm³/mol. The van der Waals surface area contributed by atoms with Gasteiger partial charge >= 0.3 is 0 Å². The summed E-state index contributed by atoms with van der Waals surface area (Å²) in [6.45, 7) is 7.17. The van der Waals surface area contributed by atoms with E-state index in [1.165, 1.54) is 0 Å². The summed E-state index contributed by atoms with van der Waals surface area (Å²) in [7, 11) is 0. The van der Waals surface area contributed by atoms with Crippen molar-refractivity contribution in [3.63, 3.8) is 0 Å². The van der Waals surface area contributed by atoms with E-state index in [4.69, 9.17) is 0 Å². The zero-order chi connectivity index (χ0) is 15.0. The zero-order valence-corrected chi connectivity index (χ0v) is 12.7. The lowest BCUT2D eigenvalue weighted by atomic mass is 9.83. The highest BCUT2D eigenvalue weighted by atomic mass is 16.3. The second kappa shape index (κ2) is 8.02. The summed E-state index contributed by atoms with van der Waals surface area (Å²) in [6.07, 6.45) is 1.79. The zero-order valence-electron chi connectivity index (χ0n) is 12.7. The molecule has 4 heteroatoms. The Morgan fingerprint density at radius 2 is 2.00 bits per heavy atom. The summed E-state index contributed by atoms with van der Waals surface area (Å²) in [6, 6.07) is 7.73. The molecule has 112 valence electrons. The van der Waals surface area contributed by atoms with Gasteiger partial charge in [0.1, 0.15) is 0 Å². The van der Waals surface area contributed by atoms with Crippen molar-refractivity contribution in [3.8, 4) is 0 Å². The molecule has 20 heavy (non-hydrogen) atoms. The number of nitrogens with one attached hydrogen (secondary N) is 2. The van der Waals surface area contributed by atoms with Crippen molar-refractivity contribution in [1.29, 1.82) is 0 Å². The number of amides is 1. The van der Waals surface area contributed by atoms with Gasteiger partial charge in [0.15, 0.2) is 0 Å². The summed E-state index contributed by atoms with van der Waals surface area (Å²) < 4.78 is 0. The molecule has 3 N–H and O–H groups in total. The summed E-state index contributed by atoms with van der Waals surface area (Å²) in [4.78, 5) is 11.8. The first-order chi connectivity index (χ1) is 9.55. The molecular formula is C16H26N2O2. The summed E-state index contributed by atoms with van der Waals surface area (Å²) >= 11 is 0. The van der Waals surface area contributed by atoms with Gasteiger partial charge < -0.3 is 15.7 Å². The second-order valence-electron chi connectivity index (χ2n) is 5.39. The molecular weight excluding hydrogens is 252 g/mol. The van der Waals surface area contributed by atoms with Gasteiger partial charge in [-0.1, -0.05) is 26.0 Å². The molecule has 0 aliphatic carbocycles. The van der Waals surface area contributed by atoms with Crippen LogP contribution in [0.25, 0.3) is 0 Å². The van der Waals surface area contributed by atoms with Gasteiger partial charge in [-0.2, -0.15) is 0 Å². The second-order valence-corrected chi connectivity index (χ2v) is 5.39. The van der Waals surface area contributed by atoms with Gasteiger partial charge in [-0.25, -0.2) is 0 Å². The Balaban J connectivity index is 2.40. The summed E-state index contributed by atoms with van der Waals surface area (Å²) in [5.41, 5.74) is 1.81. The van der Waals surface area contributed by atoms with Crippen LogP contribution in [0.5, 0.6) is 0 Å². The van der Waals surface area contributed by atoms with Crippen LogP contribution in [0.4, 0.5) is 5.69 Å². The fourth-order valence-electron chi connectivity index (χ4n) is 2.15. The lowest BCUT2D eigenvalue weighted by Gasteiger charge is -2.29. The number of hydrogen-bond donors (Lipinski definition) is 3. The predicted octanol–water partition coefficient (Wildman–Crippen LogP) is 2.32. The van der Waals surface area contributed by atoms with Crippen molar-refractivity contribution >= 4 is 11.6 Å². The Kier molecular flexibility index (Phi) is 6.68. The van der Waals surface area contributed by atoms with Crippen LogP contribution in [0, 0.1) is 12.3 Å². The average molecular weight is 278 g/mol. The fourth-order valence-corrected chi connectivity index (χ4v) is 2.15. The maximum absolute atomic E-state index is 11.8. The minimum Gasteiger partial charge on any atom is -0.396 e. The number of aliphatic hydroxyl groups is 1. The van der Waals surface area contributed by atoms with E-state index in [1.54, 1.807) is 0 Å². The van der Waals surface area contributed by atoms with Crippen molar-refractivity contribution in [1.82, 2.24) is 5.32 Å². The van der Waals surface area contributed by atoms with Crippen LogP contribution < -0.4 is 10.6 Å². The number of aryl methyl sites for hydroxylation is 1. The van der Waals surface area contributed by atoms with Crippen molar-refractivity contribution in [3.05, 3.63) is 29.8 Å². The molecule has 0 saturated heterocycles. The molecule has 1 amide bonds. The van der Waals surface area contributed by atoms with E-state index < -0.39 is 0 Å². The SMILES string of the molecule is CCC(CC)(CO)CNCC(=O)Nc1cccc(C)c1. The van der Waals surface area contributed by atoms with Crippen molar-refractivity contribution in [2.24, 2.45) is 5.41 Å². The number of carbonyl (C=O) groups excluding carboxylic acids is 1. The molecule has 0 unspecified atom stereocenters. The van der Waals surface area contributed by atoms with Crippen LogP contribution in [0.15, 0.2) is 24.3 Å². The molecule has 1 rings (SSSR count). The molecule has 0 saturated carbocycles. The largest absolute Gasteiger partial charge is 0.396 e. The highest BCUT2D eigenvalue weighted by Crippen LogP contribution is 2.24. The smallest absolute Gasteiger partial charge is 0.238 e. The summed E-state index contributed by atoms with van der Waals surface area (Å²) in [5, 5.41) is 15.5. The standard InChI is InChI=1S/C16H26N2O2/c1-4-16(5-2,12-19)11-17-10-15(20)18-14-8-6-7-13(3)9-14/h6-9,17,19H,4-5,10-12H2,1-3H3,(H,18,20). The van der Waals surface area contributed by atoms with Crippen LogP contribution in [0.2, 0.25) is 0 Å². The number of carbonyl (C=O) groups is 1. The molecule has 0 aromatic heterocycles. The Bertz CT molecular complexity index is 420. The van der Waals surface area contributed by atoms with Crippen molar-refractivity contribution in [2.45, 2.75) is 33.6 Å². The van der Waals surface area contributed by atoms with E-state index in [9.17, 15) is 9.90 Å². The van der Waals surface area contributed by atoms with Crippen LogP contribution in [-0.4, -0.2) is 30.7 Å². The quantitative estimate of drug-likeness (QED) is 0.684. The van der Waals surface area contributed by atoms with Crippen molar-refractivity contribution < 1.29 is 9.90 Å². The Labute approximate surface area is 121 Å². The summed E-state index contributed by atoms with van der Waals surface area (Å²) in [5.74, 6) is -0.0605. The monoisotopic (exact) mass is 278 g/mol. The molecule has 1 aromatic carbocycles. The maximum atomic E-state index is 11.8. The first kappa shape index (κ1) is 16.7. The highest BCUT2D eigenvalue weighted by molar-refractivity contribution is 5.92. The number of anilines is 1. The fraction of sp³-hybridized carbons (Fsp3) is 0.562. The highest BCUT2D eigenvalue weighted by Gasteiger charge is 2.24. The Hall–Kier alpha value is -1.39. The lowest BCUT2D eigenvalue weighted by molar-refractivity contribution is -0.115. The molecule has 0 heterocycles. The number of rotatable bonds is 8. The number of benzene rings is 1. The van der Waals surface area contributed by atoms with Gasteiger partial charge in [0, 0.05) is 24.3 Å². The molecule has 0 aliphatic rings. The van der Waals surface area contributed by atoms with Gasteiger partial charge in [0.2, 0.25) is 5.91 Å². The van der Waals surface area contributed by atoms with E-state index in [0.29, 0.717) is 6.54 Å². The Morgan fingerprint density at radius 1 is 1.30 bits per heavy atom. The number of aliphatic hydroxyl groups excluding tert-OH is 1. The van der Waals surface area contributed by atoms with Gasteiger partial charge in [-0.3, -0.25) is 4.79 Å². The van der Waals surface area contributed by atoms with Gasteiger partial charge in [-0.15, -0.1) is 0 Å². The van der Waals surface area contributed by atoms with Crippen LogP contribution in [0.1, 0.15) is 32.3 Å². The van der Waals surface area contributed by atoms with E-state index in [0.717, 1.165) is 24.1 Å². The average Bonchev–Trinajstić information content (AvgIpc) is 2.44. The van der Waals surface area contributed by atoms with E-state index in [2.05, 4.69) is 24.5 Å². The third-order valence-electron chi connectivity index (χ3n) is 3.92. The topological polar surface area (TPSA) is 61.4 Å². The Morgan fingerprint density at radius 3 is 2.55 bits per heavy atom. The number of hydrogen-bond acceptors (Lipinski definition) is 3. The molecule has 0 radical (unpaired) electrons. The van der Waals surface area contributed by atoms with E-state index in [-0.39, 0.29) is 24.5 Å². The van der Waals surface area contributed by atoms with Gasteiger partial charge in [0.25, 0.3) is 0 Å². The van der Waals surface area contributed by atoms with Crippen molar-refractivity contribution in [2.75, 3.05) is 25.0 Å². The third kappa shape index (κ3) is 4.94. The first-order valence-electron chi connectivity index (χ1n) is 7.23. The molecule has 0 bridgehead atoms. The minimum atomic E-state index is -0.121. The van der Waals surface area contributed by atoms with E-state index in [1.807, 2.05) is 31.2 Å². The molecule has 0 fully saturated rings. The van der Waals surface area contributed by atoms with Gasteiger partial charge in [0.05, 0.1) is 6.54 Å². The lowest BCUT2D eigenvalue weighted by Crippen LogP contribution is -2.39. The third-order valence-corrected chi connectivity index (χ3v) is 3.92. The van der Waals surface area contributed by atoms with E-state index >= 15 is 0 Å². The molecule has 0 aliphatic heterocycles. The van der Waals surface area contributed by atoms with Gasteiger partial charge in [-0.05, 0) is 37.5 Å². The molecule has 4 nitrogen and oxygen atoms in total. The normalized spacial score (nSPS) is 11.4. The molecule has 0 atom stereocenters. The van der Waals surface area contributed by atoms with Crippen LogP contribution in [-0.2, 0) is 4.79 Å². The maximum Gasteiger partial charge on any atom is 0.238 e. The molecule has 1 aromatic rings. The van der Waals surface area contributed by atoms with Crippen LogP contribution >= 0.6 is 0 Å². The van der Waals surface area contributed by atoms with Crippen LogP contribution in [0.3, 0.4) is 0 Å². The first-order valence-corrected chi connectivity index (χ1v) is 7.23. The molecule has 0 spiro atoms.